The van der Waals surface area contributed by atoms with E-state index in [1.54, 1.807) is 0 Å². The van der Waals surface area contributed by atoms with Crippen LogP contribution in [0.3, 0.4) is 0 Å². The maximum Gasteiger partial charge on any atom is 0.259 e. The first kappa shape index (κ1) is 9.21. The van der Waals surface area contributed by atoms with E-state index in [9.17, 15) is 4.79 Å². The van der Waals surface area contributed by atoms with Gasteiger partial charge in [-0.25, -0.2) is 4.98 Å². The van der Waals surface area contributed by atoms with Crippen LogP contribution in [-0.2, 0) is 5.88 Å². The van der Waals surface area contributed by atoms with E-state index in [2.05, 4.69) is 9.97 Å². The molecule has 0 amide bonds. The number of hydrogen-bond donors (Lipinski definition) is 1. The highest BCUT2D eigenvalue weighted by molar-refractivity contribution is 6.16. The summed E-state index contributed by atoms with van der Waals surface area (Å²) in [7, 11) is 0. The second kappa shape index (κ2) is 3.42. The molecule has 4 heteroatoms. The average Bonchev–Trinajstić information content (AvgIpc) is 2.17. The molecule has 0 aliphatic carbocycles. The lowest BCUT2D eigenvalue weighted by Gasteiger charge is -2.01. The number of hydrogen-bond acceptors (Lipinski definition) is 2. The number of aromatic nitrogens is 2. The Hall–Kier alpha value is -1.35. The van der Waals surface area contributed by atoms with E-state index in [1.807, 2.05) is 25.1 Å². The number of halogens is 1. The summed E-state index contributed by atoms with van der Waals surface area (Å²) in [5.41, 5.74) is 1.51. The van der Waals surface area contributed by atoms with Crippen molar-refractivity contribution in [2.24, 2.45) is 0 Å². The fraction of sp³-hybridized carbons (Fsp3) is 0.200. The van der Waals surface area contributed by atoms with Gasteiger partial charge in [0.1, 0.15) is 5.82 Å². The normalized spacial score (nSPS) is 10.7. The van der Waals surface area contributed by atoms with Gasteiger partial charge in [-0.05, 0) is 18.6 Å². The molecule has 0 fully saturated rings. The topological polar surface area (TPSA) is 45.8 Å². The van der Waals surface area contributed by atoms with Crippen molar-refractivity contribution < 1.29 is 0 Å². The van der Waals surface area contributed by atoms with Gasteiger partial charge in [0.15, 0.2) is 0 Å². The van der Waals surface area contributed by atoms with E-state index >= 15 is 0 Å². The highest BCUT2D eigenvalue weighted by atomic mass is 35.5. The molecule has 0 unspecified atom stereocenters. The van der Waals surface area contributed by atoms with Gasteiger partial charge in [-0.1, -0.05) is 12.1 Å². The van der Waals surface area contributed by atoms with Crippen LogP contribution < -0.4 is 5.56 Å². The third kappa shape index (κ3) is 1.40. The second-order valence-corrected chi connectivity index (χ2v) is 3.38. The van der Waals surface area contributed by atoms with Crippen LogP contribution in [0.4, 0.5) is 0 Å². The molecule has 72 valence electrons. The summed E-state index contributed by atoms with van der Waals surface area (Å²) in [6.45, 7) is 1.89. The van der Waals surface area contributed by atoms with Gasteiger partial charge >= 0.3 is 0 Å². The van der Waals surface area contributed by atoms with Crippen molar-refractivity contribution >= 4 is 22.5 Å². The lowest BCUT2D eigenvalue weighted by atomic mass is 10.1. The summed E-state index contributed by atoms with van der Waals surface area (Å²) in [5.74, 6) is 0.730. The Morgan fingerprint density at radius 3 is 3.00 bits per heavy atom. The summed E-state index contributed by atoms with van der Waals surface area (Å²) < 4.78 is 0. The fourth-order valence-electron chi connectivity index (χ4n) is 1.47. The van der Waals surface area contributed by atoms with E-state index < -0.39 is 0 Å². The molecular weight excluding hydrogens is 200 g/mol. The molecule has 0 saturated carbocycles. The van der Waals surface area contributed by atoms with E-state index in [0.717, 1.165) is 5.56 Å². The number of aryl methyl sites for hydroxylation is 1. The lowest BCUT2D eigenvalue weighted by Crippen LogP contribution is -2.11. The lowest BCUT2D eigenvalue weighted by molar-refractivity contribution is 1.03. The van der Waals surface area contributed by atoms with Crippen LogP contribution in [-0.4, -0.2) is 9.97 Å². The van der Waals surface area contributed by atoms with Crippen LogP contribution >= 0.6 is 11.6 Å². The highest BCUT2D eigenvalue weighted by Gasteiger charge is 2.04. The number of fused-ring (bicyclic) bond motifs is 1. The Labute approximate surface area is 85.7 Å². The zero-order valence-electron chi connectivity index (χ0n) is 7.67. The summed E-state index contributed by atoms with van der Waals surface area (Å²) in [4.78, 5) is 18.5. The molecular formula is C10H9ClN2O. The number of aromatic amines is 1. The molecule has 0 saturated heterocycles. The van der Waals surface area contributed by atoms with Crippen LogP contribution in [0.15, 0.2) is 23.0 Å². The third-order valence-corrected chi connectivity index (χ3v) is 2.37. The maximum atomic E-state index is 11.6. The molecule has 1 heterocycles. The zero-order valence-corrected chi connectivity index (χ0v) is 8.43. The van der Waals surface area contributed by atoms with Crippen molar-refractivity contribution in [2.75, 3.05) is 0 Å². The molecule has 2 aromatic rings. The SMILES string of the molecule is Cc1cccc2nc(CCl)[nH]c(=O)c12. The number of benzene rings is 1. The molecule has 2 rings (SSSR count). The number of rotatable bonds is 1. The minimum atomic E-state index is -0.122. The van der Waals surface area contributed by atoms with Crippen LogP contribution in [0.2, 0.25) is 0 Å². The second-order valence-electron chi connectivity index (χ2n) is 3.12. The minimum absolute atomic E-state index is 0.122. The summed E-state index contributed by atoms with van der Waals surface area (Å²) in [6.07, 6.45) is 0. The number of nitrogens with zero attached hydrogens (tertiary/aromatic N) is 1. The molecule has 0 radical (unpaired) electrons. The largest absolute Gasteiger partial charge is 0.309 e. The molecule has 3 nitrogen and oxygen atoms in total. The molecule has 0 bridgehead atoms. The smallest absolute Gasteiger partial charge is 0.259 e. The molecule has 0 aliphatic rings. The van der Waals surface area contributed by atoms with E-state index in [4.69, 9.17) is 11.6 Å². The Balaban J connectivity index is 2.90. The first-order chi connectivity index (χ1) is 6.72. The third-order valence-electron chi connectivity index (χ3n) is 2.12. The van der Waals surface area contributed by atoms with Crippen LogP contribution in [0, 0.1) is 6.92 Å². The number of alkyl halides is 1. The van der Waals surface area contributed by atoms with Crippen molar-refractivity contribution in [3.8, 4) is 0 Å². The van der Waals surface area contributed by atoms with Crippen molar-refractivity contribution in [3.63, 3.8) is 0 Å². The molecule has 0 spiro atoms. The quantitative estimate of drug-likeness (QED) is 0.729. The van der Waals surface area contributed by atoms with Crippen molar-refractivity contribution in [1.29, 1.82) is 0 Å². The van der Waals surface area contributed by atoms with Crippen LogP contribution in [0.1, 0.15) is 11.4 Å². The summed E-state index contributed by atoms with van der Waals surface area (Å²) in [5, 5.41) is 0.640. The average molecular weight is 209 g/mol. The zero-order chi connectivity index (χ0) is 10.1. The van der Waals surface area contributed by atoms with Gasteiger partial charge in [0.25, 0.3) is 5.56 Å². The van der Waals surface area contributed by atoms with Gasteiger partial charge < -0.3 is 4.98 Å². The molecule has 0 atom stereocenters. The number of H-pyrrole nitrogens is 1. The van der Waals surface area contributed by atoms with Crippen LogP contribution in [0.25, 0.3) is 10.9 Å². The van der Waals surface area contributed by atoms with E-state index in [0.29, 0.717) is 16.7 Å². The molecule has 0 aliphatic heterocycles. The summed E-state index contributed by atoms with van der Waals surface area (Å²) >= 11 is 5.61. The van der Waals surface area contributed by atoms with Crippen LogP contribution in [0.5, 0.6) is 0 Å². The van der Waals surface area contributed by atoms with Gasteiger partial charge in [0.2, 0.25) is 0 Å². The Morgan fingerprint density at radius 1 is 1.50 bits per heavy atom. The van der Waals surface area contributed by atoms with Gasteiger partial charge in [-0.3, -0.25) is 4.79 Å². The molecule has 1 aromatic carbocycles. The Kier molecular flexibility index (Phi) is 2.25. The first-order valence-corrected chi connectivity index (χ1v) is 4.80. The van der Waals surface area contributed by atoms with E-state index in [-0.39, 0.29) is 11.4 Å². The first-order valence-electron chi connectivity index (χ1n) is 4.27. The van der Waals surface area contributed by atoms with Crippen molar-refractivity contribution in [2.45, 2.75) is 12.8 Å². The van der Waals surface area contributed by atoms with E-state index in [1.165, 1.54) is 0 Å². The van der Waals surface area contributed by atoms with Gasteiger partial charge in [0, 0.05) is 0 Å². The monoisotopic (exact) mass is 208 g/mol. The Morgan fingerprint density at radius 2 is 2.29 bits per heavy atom. The fourth-order valence-corrected chi connectivity index (χ4v) is 1.60. The predicted molar refractivity (Wildman–Crippen MR) is 56.7 cm³/mol. The van der Waals surface area contributed by atoms with Crippen molar-refractivity contribution in [1.82, 2.24) is 9.97 Å². The molecule has 1 aromatic heterocycles. The molecule has 14 heavy (non-hydrogen) atoms. The Bertz CT molecular complexity index is 533. The van der Waals surface area contributed by atoms with Gasteiger partial charge in [0.05, 0.1) is 16.8 Å². The van der Waals surface area contributed by atoms with Gasteiger partial charge in [-0.15, -0.1) is 11.6 Å². The maximum absolute atomic E-state index is 11.6. The highest BCUT2D eigenvalue weighted by Crippen LogP contribution is 2.11. The minimum Gasteiger partial charge on any atom is -0.309 e. The van der Waals surface area contributed by atoms with Gasteiger partial charge in [-0.2, -0.15) is 0 Å². The standard InChI is InChI=1S/C10H9ClN2O/c1-6-3-2-4-7-9(6)10(14)13-8(5-11)12-7/h2-4H,5H2,1H3,(H,12,13,14). The predicted octanol–water partition coefficient (Wildman–Crippen LogP) is 1.97. The summed E-state index contributed by atoms with van der Waals surface area (Å²) in [6, 6.07) is 5.58. The molecule has 1 N–H and O–H groups in total. The van der Waals surface area contributed by atoms with Crippen molar-refractivity contribution in [3.05, 3.63) is 39.9 Å². The number of nitrogens with one attached hydrogen (secondary N) is 1.